The first-order chi connectivity index (χ1) is 17.2. The van der Waals surface area contributed by atoms with Crippen molar-refractivity contribution in [2.45, 2.75) is 51.0 Å². The standard InChI is InChI=1S/C26H28F3N5OS/c1-15-10-25(32-21-8-6-18(35-3)12-20(15)21)31-17-5-4-16(11-17)30-14-19-7-9-23(36-19)22-13-24(26(27,28)29)34(2)33-22/h6-10,12-13,16-17,30H,4-5,11,14H2,1-3H3,(H,31,32)/t16-,17-/m0/s1. The molecule has 1 saturated carbocycles. The Hall–Kier alpha value is -3.11. The Labute approximate surface area is 211 Å². The van der Waals surface area contributed by atoms with Gasteiger partial charge in [-0.15, -0.1) is 11.3 Å². The lowest BCUT2D eigenvalue weighted by molar-refractivity contribution is -0.143. The number of fused-ring (bicyclic) bond motifs is 1. The molecule has 0 spiro atoms. The Morgan fingerprint density at radius 1 is 1.11 bits per heavy atom. The van der Waals surface area contributed by atoms with Crippen molar-refractivity contribution < 1.29 is 17.9 Å². The molecule has 0 radical (unpaired) electrons. The van der Waals surface area contributed by atoms with Crippen LogP contribution in [-0.4, -0.2) is 34.0 Å². The predicted octanol–water partition coefficient (Wildman–Crippen LogP) is 6.16. The molecular formula is C26H28F3N5OS. The molecule has 2 atom stereocenters. The average Bonchev–Trinajstić information content (AvgIpc) is 3.57. The van der Waals surface area contributed by atoms with Crippen molar-refractivity contribution in [3.05, 3.63) is 58.6 Å². The normalized spacial score (nSPS) is 18.2. The smallest absolute Gasteiger partial charge is 0.433 e. The van der Waals surface area contributed by atoms with Gasteiger partial charge >= 0.3 is 6.18 Å². The van der Waals surface area contributed by atoms with Crippen LogP contribution in [0.25, 0.3) is 21.5 Å². The molecule has 190 valence electrons. The van der Waals surface area contributed by atoms with Gasteiger partial charge in [0.1, 0.15) is 23.0 Å². The molecule has 3 heterocycles. The van der Waals surface area contributed by atoms with Crippen molar-refractivity contribution in [1.29, 1.82) is 0 Å². The highest BCUT2D eigenvalue weighted by atomic mass is 32.1. The first-order valence-electron chi connectivity index (χ1n) is 11.9. The highest BCUT2D eigenvalue weighted by Crippen LogP contribution is 2.34. The van der Waals surface area contributed by atoms with Crippen molar-refractivity contribution in [3.8, 4) is 16.3 Å². The molecule has 1 fully saturated rings. The maximum atomic E-state index is 13.1. The summed E-state index contributed by atoms with van der Waals surface area (Å²) in [5.74, 6) is 1.70. The number of benzene rings is 1. The number of thiophene rings is 1. The average molecular weight is 516 g/mol. The Morgan fingerprint density at radius 3 is 2.67 bits per heavy atom. The van der Waals surface area contributed by atoms with Crippen LogP contribution in [0.4, 0.5) is 19.0 Å². The molecule has 0 saturated heterocycles. The fourth-order valence-electron chi connectivity index (χ4n) is 4.79. The molecule has 2 N–H and O–H groups in total. The fraction of sp³-hybridized carbons (Fsp3) is 0.385. The van der Waals surface area contributed by atoms with Gasteiger partial charge in [0.15, 0.2) is 0 Å². The number of ether oxygens (including phenoxy) is 1. The van der Waals surface area contributed by atoms with Gasteiger partial charge < -0.3 is 15.4 Å². The van der Waals surface area contributed by atoms with Gasteiger partial charge in [0.2, 0.25) is 0 Å². The van der Waals surface area contributed by atoms with E-state index < -0.39 is 11.9 Å². The minimum absolute atomic E-state index is 0.332. The number of rotatable bonds is 7. The van der Waals surface area contributed by atoms with Gasteiger partial charge in [-0.2, -0.15) is 18.3 Å². The SMILES string of the molecule is COc1ccc2nc(N[C@H]3CC[C@H](NCc4ccc(-c5cc(C(F)(F)F)n(C)n5)s4)C3)cc(C)c2c1. The lowest BCUT2D eigenvalue weighted by Crippen LogP contribution is -2.27. The lowest BCUT2D eigenvalue weighted by atomic mass is 10.1. The second kappa shape index (κ2) is 9.74. The number of aromatic nitrogens is 3. The van der Waals surface area contributed by atoms with Crippen molar-refractivity contribution in [1.82, 2.24) is 20.1 Å². The van der Waals surface area contributed by atoms with Crippen LogP contribution in [0.3, 0.4) is 0 Å². The number of pyridine rings is 1. The van der Waals surface area contributed by atoms with Gasteiger partial charge in [-0.3, -0.25) is 4.68 Å². The highest BCUT2D eigenvalue weighted by Gasteiger charge is 2.35. The number of anilines is 1. The van der Waals surface area contributed by atoms with E-state index in [4.69, 9.17) is 9.72 Å². The zero-order valence-corrected chi connectivity index (χ0v) is 21.1. The van der Waals surface area contributed by atoms with Crippen LogP contribution >= 0.6 is 11.3 Å². The van der Waals surface area contributed by atoms with E-state index in [-0.39, 0.29) is 0 Å². The minimum Gasteiger partial charge on any atom is -0.497 e. The summed E-state index contributed by atoms with van der Waals surface area (Å²) in [6.07, 6.45) is -1.34. The van der Waals surface area contributed by atoms with Crippen LogP contribution in [0.5, 0.6) is 5.75 Å². The summed E-state index contributed by atoms with van der Waals surface area (Å²) < 4.78 is 45.5. The third kappa shape index (κ3) is 5.19. The quantitative estimate of drug-likeness (QED) is 0.309. The number of nitrogens with zero attached hydrogens (tertiary/aromatic N) is 3. The van der Waals surface area contributed by atoms with E-state index in [0.717, 1.165) is 67.8 Å². The molecule has 0 unspecified atom stereocenters. The van der Waals surface area contributed by atoms with E-state index in [1.807, 2.05) is 30.3 Å². The van der Waals surface area contributed by atoms with E-state index in [0.29, 0.717) is 24.3 Å². The van der Waals surface area contributed by atoms with E-state index in [1.54, 1.807) is 7.11 Å². The number of hydrogen-bond acceptors (Lipinski definition) is 6. The summed E-state index contributed by atoms with van der Waals surface area (Å²) >= 11 is 1.47. The summed E-state index contributed by atoms with van der Waals surface area (Å²) in [5.41, 5.74) is 1.70. The first-order valence-corrected chi connectivity index (χ1v) is 12.7. The summed E-state index contributed by atoms with van der Waals surface area (Å²) in [5, 5.41) is 12.3. The maximum Gasteiger partial charge on any atom is 0.433 e. The Balaban J connectivity index is 1.17. The van der Waals surface area contributed by atoms with Crippen LogP contribution in [0.15, 0.2) is 42.5 Å². The van der Waals surface area contributed by atoms with Crippen molar-refractivity contribution in [3.63, 3.8) is 0 Å². The molecule has 6 nitrogen and oxygen atoms in total. The summed E-state index contributed by atoms with van der Waals surface area (Å²) in [6.45, 7) is 2.76. The van der Waals surface area contributed by atoms with Gasteiger partial charge in [-0.25, -0.2) is 4.98 Å². The summed E-state index contributed by atoms with van der Waals surface area (Å²) in [6, 6.07) is 13.6. The predicted molar refractivity (Wildman–Crippen MR) is 136 cm³/mol. The highest BCUT2D eigenvalue weighted by molar-refractivity contribution is 7.15. The van der Waals surface area contributed by atoms with Crippen LogP contribution in [0.1, 0.15) is 35.4 Å². The zero-order valence-electron chi connectivity index (χ0n) is 20.3. The van der Waals surface area contributed by atoms with Crippen molar-refractivity contribution >= 4 is 28.1 Å². The van der Waals surface area contributed by atoms with E-state index in [1.165, 1.54) is 18.4 Å². The third-order valence-electron chi connectivity index (χ3n) is 6.66. The second-order valence-corrected chi connectivity index (χ2v) is 10.4. The van der Waals surface area contributed by atoms with Crippen LogP contribution in [0, 0.1) is 6.92 Å². The second-order valence-electron chi connectivity index (χ2n) is 9.24. The van der Waals surface area contributed by atoms with E-state index in [2.05, 4.69) is 28.7 Å². The van der Waals surface area contributed by atoms with Crippen molar-refractivity contribution in [2.75, 3.05) is 12.4 Å². The molecule has 36 heavy (non-hydrogen) atoms. The van der Waals surface area contributed by atoms with E-state index in [9.17, 15) is 13.2 Å². The number of nitrogens with one attached hydrogen (secondary N) is 2. The minimum atomic E-state index is -4.41. The monoisotopic (exact) mass is 515 g/mol. The molecule has 1 aliphatic rings. The molecule has 1 aromatic carbocycles. The molecule has 10 heteroatoms. The summed E-state index contributed by atoms with van der Waals surface area (Å²) in [7, 11) is 2.98. The van der Waals surface area contributed by atoms with Gasteiger partial charge in [0.05, 0.1) is 17.5 Å². The fourth-order valence-corrected chi connectivity index (χ4v) is 5.70. The summed E-state index contributed by atoms with van der Waals surface area (Å²) in [4.78, 5) is 6.59. The molecule has 1 aliphatic carbocycles. The molecule has 0 bridgehead atoms. The molecule has 4 aromatic rings. The first kappa shape index (κ1) is 24.6. The van der Waals surface area contributed by atoms with E-state index >= 15 is 0 Å². The number of hydrogen-bond donors (Lipinski definition) is 2. The van der Waals surface area contributed by atoms with Gasteiger partial charge in [-0.05, 0) is 74.2 Å². The lowest BCUT2D eigenvalue weighted by Gasteiger charge is -2.16. The third-order valence-corrected chi connectivity index (χ3v) is 7.76. The van der Waals surface area contributed by atoms with Gasteiger partial charge in [0, 0.05) is 35.9 Å². The van der Waals surface area contributed by atoms with Crippen LogP contribution in [0.2, 0.25) is 0 Å². The Kier molecular flexibility index (Phi) is 6.65. The van der Waals surface area contributed by atoms with Gasteiger partial charge in [-0.1, -0.05) is 0 Å². The molecular weight excluding hydrogens is 487 g/mol. The number of halogens is 3. The van der Waals surface area contributed by atoms with Gasteiger partial charge in [0.25, 0.3) is 0 Å². The van der Waals surface area contributed by atoms with Crippen LogP contribution in [-0.2, 0) is 19.8 Å². The maximum absolute atomic E-state index is 13.1. The number of alkyl halides is 3. The zero-order chi connectivity index (χ0) is 25.4. The Bertz CT molecular complexity index is 1380. The number of methoxy groups -OCH3 is 1. The van der Waals surface area contributed by atoms with Crippen molar-refractivity contribution in [2.24, 2.45) is 7.05 Å². The largest absolute Gasteiger partial charge is 0.497 e. The molecule has 3 aromatic heterocycles. The molecule has 0 amide bonds. The van der Waals surface area contributed by atoms with Crippen LogP contribution < -0.4 is 15.4 Å². The molecule has 5 rings (SSSR count). The Morgan fingerprint density at radius 2 is 1.92 bits per heavy atom. The topological polar surface area (TPSA) is 64.0 Å². The number of aryl methyl sites for hydroxylation is 2. The molecule has 0 aliphatic heterocycles.